The van der Waals surface area contributed by atoms with Crippen LogP contribution in [-0.4, -0.2) is 27.6 Å². The Bertz CT molecular complexity index is 946. The Hall–Kier alpha value is -1.07. The Morgan fingerprint density at radius 2 is 1.79 bits per heavy atom. The first-order valence-corrected chi connectivity index (χ1v) is 11.8. The quantitative estimate of drug-likeness (QED) is 0.330. The van der Waals surface area contributed by atoms with Gasteiger partial charge in [0.15, 0.2) is 5.17 Å². The molecule has 28 heavy (non-hydrogen) atoms. The molecule has 1 amide bonds. The number of benzene rings is 2. The van der Waals surface area contributed by atoms with Crippen molar-refractivity contribution >= 4 is 79.8 Å². The van der Waals surface area contributed by atoms with Gasteiger partial charge in [-0.2, -0.15) is 0 Å². The second-order valence-corrected chi connectivity index (χ2v) is 10.3. The number of nitrogens with zero attached hydrogens (tertiary/aromatic N) is 2. The lowest BCUT2D eigenvalue weighted by molar-refractivity contribution is -0.122. The van der Waals surface area contributed by atoms with Crippen LogP contribution >= 0.6 is 56.9 Å². The second-order valence-electron chi connectivity index (χ2n) is 6.98. The SMILES string of the molecule is Cc1ccc(N=C2S/C(=C/c3cc(I)c(O)c(I)c3)C(=O)N2CC(C)C)cc1. The number of amides is 1. The number of aryl methyl sites for hydroxylation is 1. The van der Waals surface area contributed by atoms with E-state index in [2.05, 4.69) is 59.0 Å². The number of rotatable bonds is 4. The van der Waals surface area contributed by atoms with E-state index in [0.717, 1.165) is 18.4 Å². The maximum Gasteiger partial charge on any atom is 0.266 e. The molecule has 1 N–H and O–H groups in total. The van der Waals surface area contributed by atoms with Crippen molar-refractivity contribution in [3.8, 4) is 5.75 Å². The van der Waals surface area contributed by atoms with Crippen molar-refractivity contribution in [2.45, 2.75) is 20.8 Å². The van der Waals surface area contributed by atoms with E-state index in [1.54, 1.807) is 4.90 Å². The summed E-state index contributed by atoms with van der Waals surface area (Å²) in [7, 11) is 0. The number of hydrogen-bond donors (Lipinski definition) is 1. The molecular weight excluding hydrogens is 598 g/mol. The zero-order valence-corrected chi connectivity index (χ0v) is 20.9. The number of aromatic hydroxyl groups is 1. The van der Waals surface area contributed by atoms with E-state index in [0.29, 0.717) is 22.5 Å². The Kier molecular flexibility index (Phi) is 7.08. The maximum absolute atomic E-state index is 13.0. The van der Waals surface area contributed by atoms with Gasteiger partial charge < -0.3 is 5.11 Å². The fraction of sp³-hybridized carbons (Fsp3) is 0.238. The van der Waals surface area contributed by atoms with Gasteiger partial charge in [0.05, 0.1) is 17.7 Å². The van der Waals surface area contributed by atoms with E-state index in [4.69, 9.17) is 4.99 Å². The van der Waals surface area contributed by atoms with Crippen molar-refractivity contribution in [3.63, 3.8) is 0 Å². The van der Waals surface area contributed by atoms with Gasteiger partial charge in [-0.3, -0.25) is 9.69 Å². The summed E-state index contributed by atoms with van der Waals surface area (Å²) in [5.41, 5.74) is 2.91. The number of amidine groups is 1. The molecule has 0 saturated carbocycles. The van der Waals surface area contributed by atoms with Crippen LogP contribution in [0.5, 0.6) is 5.75 Å². The molecular formula is C21H20I2N2O2S. The molecule has 4 nitrogen and oxygen atoms in total. The fourth-order valence-corrected chi connectivity index (χ4v) is 5.49. The average molecular weight is 618 g/mol. The van der Waals surface area contributed by atoms with Gasteiger partial charge in [0.2, 0.25) is 0 Å². The number of phenolic OH excluding ortho intramolecular Hbond substituents is 1. The third-order valence-electron chi connectivity index (χ3n) is 4.03. The maximum atomic E-state index is 13.0. The van der Waals surface area contributed by atoms with Gasteiger partial charge in [-0.25, -0.2) is 4.99 Å². The molecule has 1 heterocycles. The van der Waals surface area contributed by atoms with Crippen molar-refractivity contribution in [1.29, 1.82) is 0 Å². The zero-order chi connectivity index (χ0) is 20.4. The van der Waals surface area contributed by atoms with Crippen LogP contribution in [0.4, 0.5) is 5.69 Å². The third kappa shape index (κ3) is 5.10. The molecule has 3 rings (SSSR count). The number of phenols is 1. The van der Waals surface area contributed by atoms with E-state index in [-0.39, 0.29) is 11.7 Å². The summed E-state index contributed by atoms with van der Waals surface area (Å²) >= 11 is 5.60. The van der Waals surface area contributed by atoms with Gasteiger partial charge in [0, 0.05) is 6.54 Å². The molecule has 1 aliphatic heterocycles. The number of carbonyl (C=O) groups excluding carboxylic acids is 1. The molecule has 2 aromatic rings. The third-order valence-corrected chi connectivity index (χ3v) is 6.68. The van der Waals surface area contributed by atoms with Gasteiger partial charge in [-0.05, 0) is 106 Å². The molecule has 7 heteroatoms. The summed E-state index contributed by atoms with van der Waals surface area (Å²) in [6.07, 6.45) is 1.88. The number of carbonyl (C=O) groups is 1. The summed E-state index contributed by atoms with van der Waals surface area (Å²) in [5.74, 6) is 0.585. The first-order chi connectivity index (χ1) is 13.2. The van der Waals surface area contributed by atoms with Crippen molar-refractivity contribution in [2.75, 3.05) is 6.54 Å². The smallest absolute Gasteiger partial charge is 0.266 e. The lowest BCUT2D eigenvalue weighted by atomic mass is 10.2. The van der Waals surface area contributed by atoms with E-state index in [9.17, 15) is 9.90 Å². The van der Waals surface area contributed by atoms with E-state index in [1.807, 2.05) is 49.4 Å². The highest BCUT2D eigenvalue weighted by Gasteiger charge is 2.33. The molecule has 0 bridgehead atoms. The fourth-order valence-electron chi connectivity index (χ4n) is 2.67. The summed E-state index contributed by atoms with van der Waals surface area (Å²) in [4.78, 5) is 20.2. The Labute approximate surface area is 196 Å². The summed E-state index contributed by atoms with van der Waals surface area (Å²) in [5, 5.41) is 10.7. The lowest BCUT2D eigenvalue weighted by Gasteiger charge is -2.17. The summed E-state index contributed by atoms with van der Waals surface area (Å²) in [6, 6.07) is 11.7. The van der Waals surface area contributed by atoms with Gasteiger partial charge >= 0.3 is 0 Å². The van der Waals surface area contributed by atoms with Gasteiger partial charge in [0.25, 0.3) is 5.91 Å². The molecule has 2 aromatic carbocycles. The van der Waals surface area contributed by atoms with Crippen LogP contribution in [0.3, 0.4) is 0 Å². The highest BCUT2D eigenvalue weighted by molar-refractivity contribution is 14.1. The predicted molar refractivity (Wildman–Crippen MR) is 134 cm³/mol. The van der Waals surface area contributed by atoms with Crippen LogP contribution in [-0.2, 0) is 4.79 Å². The average Bonchev–Trinajstić information content (AvgIpc) is 2.90. The Morgan fingerprint density at radius 3 is 2.36 bits per heavy atom. The Balaban J connectivity index is 1.98. The minimum Gasteiger partial charge on any atom is -0.506 e. The number of halogens is 2. The van der Waals surface area contributed by atoms with Crippen LogP contribution in [0.25, 0.3) is 6.08 Å². The molecule has 0 unspecified atom stereocenters. The molecule has 1 saturated heterocycles. The first-order valence-electron chi connectivity index (χ1n) is 8.79. The van der Waals surface area contributed by atoms with E-state index < -0.39 is 0 Å². The number of hydrogen-bond acceptors (Lipinski definition) is 4. The molecule has 0 spiro atoms. The zero-order valence-electron chi connectivity index (χ0n) is 15.7. The highest BCUT2D eigenvalue weighted by atomic mass is 127. The molecule has 1 fully saturated rings. The van der Waals surface area contributed by atoms with Crippen LogP contribution in [0.1, 0.15) is 25.0 Å². The van der Waals surface area contributed by atoms with Crippen molar-refractivity contribution < 1.29 is 9.90 Å². The molecule has 146 valence electrons. The van der Waals surface area contributed by atoms with Gasteiger partial charge in [-0.15, -0.1) is 0 Å². The first kappa shape index (κ1) is 21.6. The van der Waals surface area contributed by atoms with Crippen LogP contribution in [0.2, 0.25) is 0 Å². The summed E-state index contributed by atoms with van der Waals surface area (Å²) in [6.45, 7) is 6.84. The van der Waals surface area contributed by atoms with Crippen molar-refractivity contribution in [2.24, 2.45) is 10.9 Å². The van der Waals surface area contributed by atoms with E-state index in [1.165, 1.54) is 17.3 Å². The topological polar surface area (TPSA) is 52.9 Å². The highest BCUT2D eigenvalue weighted by Crippen LogP contribution is 2.36. The predicted octanol–water partition coefficient (Wildman–Crippen LogP) is 6.17. The lowest BCUT2D eigenvalue weighted by Crippen LogP contribution is -2.32. The molecule has 0 atom stereocenters. The van der Waals surface area contributed by atoms with Crippen molar-refractivity contribution in [1.82, 2.24) is 4.90 Å². The molecule has 0 aliphatic carbocycles. The molecule has 0 radical (unpaired) electrons. The second kappa shape index (κ2) is 9.17. The standard InChI is InChI=1S/C21H20I2N2O2S/c1-12(2)11-25-20(27)18(10-14-8-16(22)19(26)17(23)9-14)28-21(25)24-15-6-4-13(3)5-7-15/h4-10,12,26H,11H2,1-3H3/b18-10+,24-21?. The summed E-state index contributed by atoms with van der Waals surface area (Å²) < 4.78 is 1.53. The van der Waals surface area contributed by atoms with Gasteiger partial charge in [0.1, 0.15) is 5.75 Å². The van der Waals surface area contributed by atoms with Gasteiger partial charge in [-0.1, -0.05) is 31.5 Å². The monoisotopic (exact) mass is 618 g/mol. The van der Waals surface area contributed by atoms with Crippen molar-refractivity contribution in [3.05, 3.63) is 59.6 Å². The Morgan fingerprint density at radius 1 is 1.18 bits per heavy atom. The van der Waals surface area contributed by atoms with Crippen LogP contribution in [0, 0.1) is 20.0 Å². The largest absolute Gasteiger partial charge is 0.506 e. The minimum atomic E-state index is -0.0253. The van der Waals surface area contributed by atoms with E-state index >= 15 is 0 Å². The molecule has 0 aromatic heterocycles. The normalized spacial score (nSPS) is 17.4. The molecule has 1 aliphatic rings. The van der Waals surface area contributed by atoms with Crippen LogP contribution < -0.4 is 0 Å². The number of thioether (sulfide) groups is 1. The van der Waals surface area contributed by atoms with Crippen LogP contribution in [0.15, 0.2) is 46.3 Å². The number of aliphatic imine (C=N–C) groups is 1. The minimum absolute atomic E-state index is 0.0253.